The maximum Gasteiger partial charge on any atom is 0.410 e. The molecule has 3 saturated carbocycles. The first-order valence-corrected chi connectivity index (χ1v) is 12.5. The number of amides is 1. The van der Waals surface area contributed by atoms with Gasteiger partial charge in [-0.1, -0.05) is 12.8 Å². The van der Waals surface area contributed by atoms with Crippen molar-refractivity contribution < 1.29 is 24.5 Å². The van der Waals surface area contributed by atoms with Crippen molar-refractivity contribution in [2.75, 3.05) is 0 Å². The van der Waals surface area contributed by atoms with Gasteiger partial charge in [0.05, 0.1) is 12.2 Å². The number of carbonyl (C=O) groups is 2. The van der Waals surface area contributed by atoms with Gasteiger partial charge in [0.25, 0.3) is 0 Å². The first-order chi connectivity index (χ1) is 14.6. The quantitative estimate of drug-likeness (QED) is 0.652. The molecule has 4 aliphatic rings. The van der Waals surface area contributed by atoms with Gasteiger partial charge in [-0.05, 0) is 84.0 Å². The standard InChI is InChI=1S/C25H41NO5/c1-14-9-10-18-19(26(14)24(30)31-25(2,3)4)11-15(12-20(18)27)23-17-8-6-5-7-16(17)21(28)13-22(23)29/h14-20,22-23,27,29H,5-13H2,1-4H3/t14-,15-,16+,17+,18+,19+,20-,22?,23-/m0/s1. The summed E-state index contributed by atoms with van der Waals surface area (Å²) in [4.78, 5) is 27.6. The van der Waals surface area contributed by atoms with Crippen LogP contribution in [0.25, 0.3) is 0 Å². The number of likely N-dealkylation sites (tertiary alicyclic amines) is 1. The second-order valence-corrected chi connectivity index (χ2v) is 11.7. The Labute approximate surface area is 186 Å². The van der Waals surface area contributed by atoms with Crippen molar-refractivity contribution >= 4 is 11.9 Å². The van der Waals surface area contributed by atoms with E-state index in [9.17, 15) is 19.8 Å². The number of aliphatic hydroxyl groups is 2. The zero-order chi connectivity index (χ0) is 22.5. The molecule has 9 atom stereocenters. The van der Waals surface area contributed by atoms with Crippen LogP contribution in [-0.2, 0) is 9.53 Å². The number of Topliss-reactive ketones (excluding diaryl/α,β-unsaturated/α-hetero) is 1. The lowest BCUT2D eigenvalue weighted by molar-refractivity contribution is -0.144. The molecule has 2 N–H and O–H groups in total. The van der Waals surface area contributed by atoms with Gasteiger partial charge in [0.2, 0.25) is 0 Å². The number of rotatable bonds is 1. The second kappa shape index (κ2) is 8.66. The predicted octanol–water partition coefficient (Wildman–Crippen LogP) is 3.92. The summed E-state index contributed by atoms with van der Waals surface area (Å²) in [5.74, 6) is 0.740. The average molecular weight is 436 g/mol. The van der Waals surface area contributed by atoms with Crippen LogP contribution in [0.4, 0.5) is 4.79 Å². The molecule has 1 heterocycles. The molecule has 0 aromatic rings. The number of fused-ring (bicyclic) bond motifs is 2. The zero-order valence-electron chi connectivity index (χ0n) is 19.6. The highest BCUT2D eigenvalue weighted by atomic mass is 16.6. The van der Waals surface area contributed by atoms with Crippen molar-refractivity contribution in [3.63, 3.8) is 0 Å². The monoisotopic (exact) mass is 435 g/mol. The fourth-order valence-electron chi connectivity index (χ4n) is 7.33. The summed E-state index contributed by atoms with van der Waals surface area (Å²) in [5, 5.41) is 22.1. The van der Waals surface area contributed by atoms with Gasteiger partial charge in [-0.3, -0.25) is 4.79 Å². The minimum atomic E-state index is -0.628. The molecule has 0 bridgehead atoms. The van der Waals surface area contributed by atoms with E-state index in [0.717, 1.165) is 44.9 Å². The number of ketones is 1. The normalized spacial score (nSPS) is 43.7. The highest BCUT2D eigenvalue weighted by molar-refractivity contribution is 5.83. The van der Waals surface area contributed by atoms with E-state index in [1.54, 1.807) is 0 Å². The lowest BCUT2D eigenvalue weighted by Crippen LogP contribution is -2.60. The molecule has 0 aromatic heterocycles. The minimum Gasteiger partial charge on any atom is -0.444 e. The third kappa shape index (κ3) is 4.52. The predicted molar refractivity (Wildman–Crippen MR) is 117 cm³/mol. The molecule has 3 aliphatic carbocycles. The first kappa shape index (κ1) is 23.0. The molecular weight excluding hydrogens is 394 g/mol. The number of ether oxygens (including phenoxy) is 1. The van der Waals surface area contributed by atoms with Crippen LogP contribution in [0.15, 0.2) is 0 Å². The fourth-order valence-corrected chi connectivity index (χ4v) is 7.33. The molecule has 176 valence electrons. The molecule has 6 heteroatoms. The van der Waals surface area contributed by atoms with Crippen LogP contribution in [0.3, 0.4) is 0 Å². The summed E-state index contributed by atoms with van der Waals surface area (Å²) < 4.78 is 5.74. The van der Waals surface area contributed by atoms with Gasteiger partial charge >= 0.3 is 6.09 Å². The number of hydrogen-bond donors (Lipinski definition) is 2. The Kier molecular flexibility index (Phi) is 6.43. The third-order valence-electron chi connectivity index (χ3n) is 8.56. The number of aliphatic hydroxyl groups excluding tert-OH is 2. The van der Waals surface area contributed by atoms with Crippen LogP contribution in [0.2, 0.25) is 0 Å². The number of piperidine rings is 1. The van der Waals surface area contributed by atoms with Crippen LogP contribution in [0.5, 0.6) is 0 Å². The van der Waals surface area contributed by atoms with Crippen molar-refractivity contribution in [1.29, 1.82) is 0 Å². The lowest BCUT2D eigenvalue weighted by Gasteiger charge is -2.54. The van der Waals surface area contributed by atoms with Crippen molar-refractivity contribution in [1.82, 2.24) is 4.90 Å². The summed E-state index contributed by atoms with van der Waals surface area (Å²) in [7, 11) is 0. The topological polar surface area (TPSA) is 87.1 Å². The summed E-state index contributed by atoms with van der Waals surface area (Å²) in [6.45, 7) is 7.72. The van der Waals surface area contributed by atoms with E-state index in [2.05, 4.69) is 6.92 Å². The molecule has 1 amide bonds. The van der Waals surface area contributed by atoms with Crippen LogP contribution in [0.1, 0.15) is 85.5 Å². The molecule has 0 spiro atoms. The van der Waals surface area contributed by atoms with E-state index in [0.29, 0.717) is 6.42 Å². The van der Waals surface area contributed by atoms with Crippen LogP contribution in [-0.4, -0.2) is 56.9 Å². The Morgan fingerprint density at radius 3 is 2.42 bits per heavy atom. The fraction of sp³-hybridized carbons (Fsp3) is 0.920. The largest absolute Gasteiger partial charge is 0.444 e. The Morgan fingerprint density at radius 1 is 1.00 bits per heavy atom. The number of nitrogens with zero attached hydrogens (tertiary/aromatic N) is 1. The van der Waals surface area contributed by atoms with E-state index < -0.39 is 17.8 Å². The summed E-state index contributed by atoms with van der Waals surface area (Å²) in [6, 6.07) is 0.00144. The molecule has 6 nitrogen and oxygen atoms in total. The van der Waals surface area contributed by atoms with Gasteiger partial charge in [-0.15, -0.1) is 0 Å². The average Bonchev–Trinajstić information content (AvgIpc) is 2.66. The highest BCUT2D eigenvalue weighted by Gasteiger charge is 2.53. The van der Waals surface area contributed by atoms with Gasteiger partial charge < -0.3 is 19.8 Å². The zero-order valence-corrected chi connectivity index (χ0v) is 19.6. The lowest BCUT2D eigenvalue weighted by atomic mass is 9.56. The molecular formula is C25H41NO5. The van der Waals surface area contributed by atoms with Gasteiger partial charge in [-0.25, -0.2) is 4.79 Å². The van der Waals surface area contributed by atoms with Crippen molar-refractivity contribution in [2.24, 2.45) is 29.6 Å². The number of hydrogen-bond acceptors (Lipinski definition) is 5. The maximum absolute atomic E-state index is 13.1. The molecule has 4 rings (SSSR count). The van der Waals surface area contributed by atoms with Crippen LogP contribution < -0.4 is 0 Å². The molecule has 31 heavy (non-hydrogen) atoms. The first-order valence-electron chi connectivity index (χ1n) is 12.5. The van der Waals surface area contributed by atoms with E-state index >= 15 is 0 Å². The van der Waals surface area contributed by atoms with Crippen LogP contribution >= 0.6 is 0 Å². The van der Waals surface area contributed by atoms with Crippen molar-refractivity contribution in [3.8, 4) is 0 Å². The van der Waals surface area contributed by atoms with E-state index in [1.165, 1.54) is 0 Å². The molecule has 4 fully saturated rings. The van der Waals surface area contributed by atoms with Crippen molar-refractivity contribution in [3.05, 3.63) is 0 Å². The second-order valence-electron chi connectivity index (χ2n) is 11.7. The molecule has 0 radical (unpaired) electrons. The Balaban J connectivity index is 1.58. The third-order valence-corrected chi connectivity index (χ3v) is 8.56. The summed E-state index contributed by atoms with van der Waals surface area (Å²) in [6.07, 6.45) is 6.21. The molecule has 1 saturated heterocycles. The Morgan fingerprint density at radius 2 is 1.71 bits per heavy atom. The Bertz CT molecular complexity index is 688. The minimum absolute atomic E-state index is 0.0383. The van der Waals surface area contributed by atoms with Gasteiger partial charge in [0, 0.05) is 30.3 Å². The van der Waals surface area contributed by atoms with E-state index in [4.69, 9.17) is 4.74 Å². The van der Waals surface area contributed by atoms with Gasteiger partial charge in [-0.2, -0.15) is 0 Å². The maximum atomic E-state index is 13.1. The number of carbonyl (C=O) groups excluding carboxylic acids is 2. The van der Waals surface area contributed by atoms with Gasteiger partial charge in [0.15, 0.2) is 0 Å². The van der Waals surface area contributed by atoms with Gasteiger partial charge in [0.1, 0.15) is 11.4 Å². The molecule has 1 unspecified atom stereocenters. The smallest absolute Gasteiger partial charge is 0.410 e. The molecule has 1 aliphatic heterocycles. The summed E-state index contributed by atoms with van der Waals surface area (Å²) in [5.41, 5.74) is -0.564. The van der Waals surface area contributed by atoms with E-state index in [1.807, 2.05) is 25.7 Å². The highest BCUT2D eigenvalue weighted by Crippen LogP contribution is 2.51. The van der Waals surface area contributed by atoms with Crippen LogP contribution in [0, 0.1) is 29.6 Å². The van der Waals surface area contributed by atoms with E-state index in [-0.39, 0.29) is 60.0 Å². The summed E-state index contributed by atoms with van der Waals surface area (Å²) >= 11 is 0. The SMILES string of the molecule is C[C@H]1CC[C@@H]2[C@@H](C[C@H]([C@@H]3C(O)CC(=O)[C@@H]4CCCC[C@@H]34)C[C@@H]2O)N1C(=O)OC(C)(C)C. The Hall–Kier alpha value is -1.14. The van der Waals surface area contributed by atoms with Crippen molar-refractivity contribution in [2.45, 2.75) is 115 Å². The molecule has 0 aromatic carbocycles.